The van der Waals surface area contributed by atoms with Gasteiger partial charge in [-0.2, -0.15) is 5.10 Å². The fraction of sp³-hybridized carbons (Fsp3) is 0.111. The molecule has 6 nitrogen and oxygen atoms in total. The number of hydrogen-bond donors (Lipinski definition) is 1. The number of nitrogens with zero attached hydrogens (tertiary/aromatic N) is 3. The van der Waals surface area contributed by atoms with Crippen LogP contribution in [-0.2, 0) is 11.3 Å². The van der Waals surface area contributed by atoms with Crippen molar-refractivity contribution in [3.63, 3.8) is 0 Å². The number of fused-ring (bicyclic) bond motifs is 2. The molecule has 0 aliphatic heterocycles. The van der Waals surface area contributed by atoms with E-state index in [4.69, 9.17) is 0 Å². The number of rotatable bonds is 3. The van der Waals surface area contributed by atoms with E-state index in [1.54, 1.807) is 35.7 Å². The minimum Gasteiger partial charge on any atom is -0.324 e. The number of nitrogens with one attached hydrogen (secondary N) is 1. The van der Waals surface area contributed by atoms with Gasteiger partial charge in [0.15, 0.2) is 0 Å². The predicted molar refractivity (Wildman–Crippen MR) is 99.0 cm³/mol. The topological polar surface area (TPSA) is 76.9 Å². The van der Waals surface area contributed by atoms with Crippen LogP contribution in [0.2, 0.25) is 0 Å². The van der Waals surface area contributed by atoms with E-state index in [1.165, 1.54) is 4.68 Å². The number of anilines is 1. The van der Waals surface area contributed by atoms with Crippen molar-refractivity contribution in [1.82, 2.24) is 14.8 Å². The highest BCUT2D eigenvalue weighted by Crippen LogP contribution is 2.24. The van der Waals surface area contributed by atoms with Crippen molar-refractivity contribution >= 4 is 43.9 Å². The molecule has 0 atom stereocenters. The second-order valence-corrected chi connectivity index (χ2v) is 6.89. The van der Waals surface area contributed by atoms with E-state index in [0.717, 1.165) is 20.6 Å². The van der Waals surface area contributed by atoms with E-state index in [9.17, 15) is 9.59 Å². The van der Waals surface area contributed by atoms with E-state index in [1.807, 2.05) is 31.2 Å². The number of carbonyl (C=O) groups is 1. The lowest BCUT2D eigenvalue weighted by molar-refractivity contribution is -0.117. The van der Waals surface area contributed by atoms with Crippen LogP contribution in [0.25, 0.3) is 21.0 Å². The molecule has 0 bridgehead atoms. The van der Waals surface area contributed by atoms with E-state index in [2.05, 4.69) is 15.4 Å². The average molecular weight is 350 g/mol. The van der Waals surface area contributed by atoms with Gasteiger partial charge in [-0.1, -0.05) is 18.2 Å². The van der Waals surface area contributed by atoms with E-state index >= 15 is 0 Å². The van der Waals surface area contributed by atoms with Crippen molar-refractivity contribution in [3.05, 3.63) is 64.0 Å². The summed E-state index contributed by atoms with van der Waals surface area (Å²) in [6.07, 6.45) is 1.59. The standard InChI is InChI=1S/C18H14N4O2S/c1-11-20-15-7-6-13(8-16(15)25-11)21-17(23)10-22-18(24)14-5-3-2-4-12(14)9-19-22/h2-9H,10H2,1H3,(H,21,23). The van der Waals surface area contributed by atoms with Crippen molar-refractivity contribution in [3.8, 4) is 0 Å². The highest BCUT2D eigenvalue weighted by atomic mass is 32.1. The van der Waals surface area contributed by atoms with Crippen molar-refractivity contribution in [2.24, 2.45) is 0 Å². The molecule has 7 heteroatoms. The summed E-state index contributed by atoms with van der Waals surface area (Å²) >= 11 is 1.57. The molecule has 25 heavy (non-hydrogen) atoms. The summed E-state index contributed by atoms with van der Waals surface area (Å²) in [6, 6.07) is 12.7. The third kappa shape index (κ3) is 3.01. The van der Waals surface area contributed by atoms with Gasteiger partial charge in [-0.15, -0.1) is 11.3 Å². The van der Waals surface area contributed by atoms with Crippen molar-refractivity contribution in [2.75, 3.05) is 5.32 Å². The van der Waals surface area contributed by atoms with Gasteiger partial charge in [0, 0.05) is 11.1 Å². The average Bonchev–Trinajstić information content (AvgIpc) is 2.97. The number of aryl methyl sites for hydroxylation is 1. The number of thiazole rings is 1. The second kappa shape index (κ2) is 6.10. The van der Waals surface area contributed by atoms with Crippen LogP contribution >= 0.6 is 11.3 Å². The third-order valence-electron chi connectivity index (χ3n) is 3.83. The summed E-state index contributed by atoms with van der Waals surface area (Å²) < 4.78 is 2.18. The summed E-state index contributed by atoms with van der Waals surface area (Å²) in [5, 5.41) is 9.17. The Morgan fingerprint density at radius 3 is 2.96 bits per heavy atom. The molecule has 2 heterocycles. The molecule has 4 aromatic rings. The summed E-state index contributed by atoms with van der Waals surface area (Å²) in [4.78, 5) is 29.1. The monoisotopic (exact) mass is 350 g/mol. The Labute approximate surface area is 146 Å². The normalized spacial score (nSPS) is 11.1. The fourth-order valence-corrected chi connectivity index (χ4v) is 3.56. The summed E-state index contributed by atoms with van der Waals surface area (Å²) in [6.45, 7) is 1.81. The van der Waals surface area contributed by atoms with Gasteiger partial charge in [0.2, 0.25) is 5.91 Å². The quantitative estimate of drug-likeness (QED) is 0.616. The van der Waals surface area contributed by atoms with Crippen LogP contribution in [0.4, 0.5) is 5.69 Å². The lowest BCUT2D eigenvalue weighted by Gasteiger charge is -2.07. The first-order valence-corrected chi connectivity index (χ1v) is 8.54. The van der Waals surface area contributed by atoms with Gasteiger partial charge in [-0.25, -0.2) is 9.67 Å². The lowest BCUT2D eigenvalue weighted by Crippen LogP contribution is -2.29. The van der Waals surface area contributed by atoms with Crippen LogP contribution < -0.4 is 10.9 Å². The molecule has 0 saturated heterocycles. The molecule has 0 unspecified atom stereocenters. The van der Waals surface area contributed by atoms with Gasteiger partial charge in [0.1, 0.15) is 6.54 Å². The highest BCUT2D eigenvalue weighted by molar-refractivity contribution is 7.18. The molecule has 0 radical (unpaired) electrons. The molecule has 1 amide bonds. The number of carbonyl (C=O) groups excluding carboxylic acids is 1. The fourth-order valence-electron chi connectivity index (χ4n) is 2.69. The minimum absolute atomic E-state index is 0.135. The van der Waals surface area contributed by atoms with Gasteiger partial charge in [-0.05, 0) is 31.2 Å². The Bertz CT molecular complexity index is 1160. The molecule has 124 valence electrons. The second-order valence-electron chi connectivity index (χ2n) is 5.66. The maximum absolute atomic E-state index is 12.4. The largest absolute Gasteiger partial charge is 0.324 e. The first-order valence-electron chi connectivity index (χ1n) is 7.72. The Morgan fingerprint density at radius 1 is 1.24 bits per heavy atom. The Hall–Kier alpha value is -3.06. The highest BCUT2D eigenvalue weighted by Gasteiger charge is 2.09. The van der Waals surface area contributed by atoms with E-state index in [0.29, 0.717) is 11.1 Å². The van der Waals surface area contributed by atoms with Crippen molar-refractivity contribution in [1.29, 1.82) is 0 Å². The first kappa shape index (κ1) is 15.5. The van der Waals surface area contributed by atoms with Crippen LogP contribution in [0.5, 0.6) is 0 Å². The van der Waals surface area contributed by atoms with Gasteiger partial charge in [0.25, 0.3) is 5.56 Å². The van der Waals surface area contributed by atoms with E-state index < -0.39 is 0 Å². The first-order chi connectivity index (χ1) is 12.1. The van der Waals surface area contributed by atoms with E-state index in [-0.39, 0.29) is 18.0 Å². The molecule has 0 aliphatic carbocycles. The molecule has 2 aromatic heterocycles. The Morgan fingerprint density at radius 2 is 2.08 bits per heavy atom. The van der Waals surface area contributed by atoms with Crippen LogP contribution in [0, 0.1) is 6.92 Å². The zero-order valence-corrected chi connectivity index (χ0v) is 14.2. The lowest BCUT2D eigenvalue weighted by atomic mass is 10.2. The number of benzene rings is 2. The zero-order chi connectivity index (χ0) is 17.4. The minimum atomic E-state index is -0.300. The molecule has 1 N–H and O–H groups in total. The zero-order valence-electron chi connectivity index (χ0n) is 13.4. The summed E-state index contributed by atoms with van der Waals surface area (Å²) in [5.41, 5.74) is 1.31. The molecular formula is C18H14N4O2S. The van der Waals surface area contributed by atoms with Gasteiger partial charge < -0.3 is 5.32 Å². The predicted octanol–water partition coefficient (Wildman–Crippen LogP) is 2.95. The molecule has 0 aliphatic rings. The summed E-state index contributed by atoms with van der Waals surface area (Å²) in [5.74, 6) is -0.300. The molecule has 0 spiro atoms. The van der Waals surface area contributed by atoms with Gasteiger partial charge in [0.05, 0.1) is 26.8 Å². The van der Waals surface area contributed by atoms with Crippen LogP contribution in [-0.4, -0.2) is 20.7 Å². The third-order valence-corrected chi connectivity index (χ3v) is 4.77. The van der Waals surface area contributed by atoms with Crippen LogP contribution in [0.1, 0.15) is 5.01 Å². The van der Waals surface area contributed by atoms with Gasteiger partial charge in [-0.3, -0.25) is 9.59 Å². The molecule has 2 aromatic carbocycles. The van der Waals surface area contributed by atoms with Crippen LogP contribution in [0.3, 0.4) is 0 Å². The molecule has 0 fully saturated rings. The molecular weight excluding hydrogens is 336 g/mol. The number of hydrogen-bond acceptors (Lipinski definition) is 5. The maximum atomic E-state index is 12.4. The maximum Gasteiger partial charge on any atom is 0.275 e. The summed E-state index contributed by atoms with van der Waals surface area (Å²) in [7, 11) is 0. The molecule has 4 rings (SSSR count). The number of amides is 1. The van der Waals surface area contributed by atoms with Gasteiger partial charge >= 0.3 is 0 Å². The smallest absolute Gasteiger partial charge is 0.275 e. The Balaban J connectivity index is 1.57. The molecule has 0 saturated carbocycles. The Kier molecular flexibility index (Phi) is 3.77. The van der Waals surface area contributed by atoms with Crippen LogP contribution in [0.15, 0.2) is 53.5 Å². The van der Waals surface area contributed by atoms with Crippen molar-refractivity contribution in [2.45, 2.75) is 13.5 Å². The number of aromatic nitrogens is 3. The van der Waals surface area contributed by atoms with Crippen molar-refractivity contribution < 1.29 is 4.79 Å². The SMILES string of the molecule is Cc1nc2ccc(NC(=O)Cn3ncc4ccccc4c3=O)cc2s1.